The van der Waals surface area contributed by atoms with Crippen LogP contribution < -0.4 is 10.6 Å². The molecule has 2 N–H and O–H groups in total. The number of anilines is 1. The molecule has 0 aliphatic carbocycles. The summed E-state index contributed by atoms with van der Waals surface area (Å²) in [7, 11) is 0. The second kappa shape index (κ2) is 10.2. The summed E-state index contributed by atoms with van der Waals surface area (Å²) < 4.78 is 0. The summed E-state index contributed by atoms with van der Waals surface area (Å²) in [6.45, 7) is 3.96. The molecule has 2 rings (SSSR count). The highest BCUT2D eigenvalue weighted by atomic mass is 35.5. The van der Waals surface area contributed by atoms with Gasteiger partial charge in [0.25, 0.3) is 5.91 Å². The predicted molar refractivity (Wildman–Crippen MR) is 110 cm³/mol. The van der Waals surface area contributed by atoms with Crippen LogP contribution in [0.5, 0.6) is 0 Å². The van der Waals surface area contributed by atoms with Gasteiger partial charge in [-0.2, -0.15) is 0 Å². The standard InChI is InChI=1S/C20H23ClN2O2S/c1-3-14(2)22-20(25)17-6-4-5-7-18(17)23-19(24)13-26-12-15-8-10-16(21)11-9-15/h4-11,14H,3,12-13H2,1-2H3,(H,22,25)(H,23,24)/t14-/m1/s1. The Bertz CT molecular complexity index is 750. The third-order valence-electron chi connectivity index (χ3n) is 3.85. The molecule has 0 radical (unpaired) electrons. The first-order valence-electron chi connectivity index (χ1n) is 8.51. The van der Waals surface area contributed by atoms with Crippen molar-refractivity contribution in [3.05, 3.63) is 64.7 Å². The van der Waals surface area contributed by atoms with Gasteiger partial charge in [0.05, 0.1) is 17.0 Å². The van der Waals surface area contributed by atoms with Crippen LogP contribution in [0.25, 0.3) is 0 Å². The van der Waals surface area contributed by atoms with Crippen LogP contribution in [0, 0.1) is 0 Å². The molecule has 2 amide bonds. The zero-order chi connectivity index (χ0) is 18.9. The number of rotatable bonds is 8. The Labute approximate surface area is 163 Å². The fraction of sp³-hybridized carbons (Fsp3) is 0.300. The number of benzene rings is 2. The maximum Gasteiger partial charge on any atom is 0.253 e. The van der Waals surface area contributed by atoms with Crippen LogP contribution in [0.2, 0.25) is 5.02 Å². The molecule has 4 nitrogen and oxygen atoms in total. The highest BCUT2D eigenvalue weighted by molar-refractivity contribution is 7.99. The third-order valence-corrected chi connectivity index (χ3v) is 5.11. The minimum absolute atomic E-state index is 0.0844. The van der Waals surface area contributed by atoms with Crippen LogP contribution in [0.3, 0.4) is 0 Å². The fourth-order valence-electron chi connectivity index (χ4n) is 2.22. The van der Waals surface area contributed by atoms with E-state index in [0.717, 1.165) is 17.7 Å². The summed E-state index contributed by atoms with van der Waals surface area (Å²) in [6, 6.07) is 14.7. The van der Waals surface area contributed by atoms with Crippen molar-refractivity contribution in [2.75, 3.05) is 11.1 Å². The summed E-state index contributed by atoms with van der Waals surface area (Å²) in [5.74, 6) is 0.724. The smallest absolute Gasteiger partial charge is 0.253 e. The first-order chi connectivity index (χ1) is 12.5. The highest BCUT2D eigenvalue weighted by Crippen LogP contribution is 2.18. The van der Waals surface area contributed by atoms with Crippen molar-refractivity contribution in [1.82, 2.24) is 5.32 Å². The van der Waals surface area contributed by atoms with E-state index in [4.69, 9.17) is 11.6 Å². The quantitative estimate of drug-likeness (QED) is 0.684. The molecule has 138 valence electrons. The summed E-state index contributed by atoms with van der Waals surface area (Å²) in [5, 5.41) is 6.46. The van der Waals surface area contributed by atoms with Gasteiger partial charge in [0.15, 0.2) is 0 Å². The van der Waals surface area contributed by atoms with E-state index in [0.29, 0.717) is 22.0 Å². The number of thioether (sulfide) groups is 1. The summed E-state index contributed by atoms with van der Waals surface area (Å²) in [6.07, 6.45) is 0.849. The van der Waals surface area contributed by atoms with E-state index in [9.17, 15) is 9.59 Å². The van der Waals surface area contributed by atoms with Crippen molar-refractivity contribution >= 4 is 40.9 Å². The number of hydrogen-bond donors (Lipinski definition) is 2. The molecule has 0 spiro atoms. The van der Waals surface area contributed by atoms with Crippen LogP contribution in [-0.4, -0.2) is 23.6 Å². The van der Waals surface area contributed by atoms with E-state index in [1.54, 1.807) is 24.3 Å². The average molecular weight is 391 g/mol. The zero-order valence-electron chi connectivity index (χ0n) is 14.9. The molecule has 0 aromatic heterocycles. The van der Waals surface area contributed by atoms with E-state index < -0.39 is 0 Å². The zero-order valence-corrected chi connectivity index (χ0v) is 16.5. The minimum atomic E-state index is -0.177. The Kier molecular flexibility index (Phi) is 8.01. The van der Waals surface area contributed by atoms with Crippen LogP contribution in [0.15, 0.2) is 48.5 Å². The van der Waals surface area contributed by atoms with Crippen molar-refractivity contribution in [3.63, 3.8) is 0 Å². The topological polar surface area (TPSA) is 58.2 Å². The first-order valence-corrected chi connectivity index (χ1v) is 10.0. The van der Waals surface area contributed by atoms with Crippen LogP contribution >= 0.6 is 23.4 Å². The monoisotopic (exact) mass is 390 g/mol. The molecule has 0 saturated carbocycles. The van der Waals surface area contributed by atoms with Gasteiger partial charge in [0.2, 0.25) is 5.91 Å². The lowest BCUT2D eigenvalue weighted by atomic mass is 10.1. The van der Waals surface area contributed by atoms with E-state index in [1.165, 1.54) is 11.8 Å². The maximum atomic E-state index is 12.4. The van der Waals surface area contributed by atoms with Crippen molar-refractivity contribution in [2.24, 2.45) is 0 Å². The van der Waals surface area contributed by atoms with E-state index in [-0.39, 0.29) is 17.9 Å². The largest absolute Gasteiger partial charge is 0.350 e. The lowest BCUT2D eigenvalue weighted by Gasteiger charge is -2.14. The summed E-state index contributed by atoms with van der Waals surface area (Å²) >= 11 is 7.38. The first kappa shape index (κ1) is 20.3. The molecule has 0 bridgehead atoms. The molecule has 0 saturated heterocycles. The Balaban J connectivity index is 1.90. The van der Waals surface area contributed by atoms with Crippen LogP contribution in [0.1, 0.15) is 36.2 Å². The van der Waals surface area contributed by atoms with Crippen molar-refractivity contribution < 1.29 is 9.59 Å². The molecule has 26 heavy (non-hydrogen) atoms. The molecular weight excluding hydrogens is 368 g/mol. The Hall–Kier alpha value is -1.98. The Morgan fingerprint density at radius 1 is 1.12 bits per heavy atom. The molecule has 6 heteroatoms. The minimum Gasteiger partial charge on any atom is -0.350 e. The lowest BCUT2D eigenvalue weighted by Crippen LogP contribution is -2.32. The highest BCUT2D eigenvalue weighted by Gasteiger charge is 2.14. The van der Waals surface area contributed by atoms with Gasteiger partial charge in [-0.15, -0.1) is 11.8 Å². The molecule has 1 atom stereocenters. The number of amides is 2. The number of carbonyl (C=O) groups excluding carboxylic acids is 2. The van der Waals surface area contributed by atoms with Crippen molar-refractivity contribution in [1.29, 1.82) is 0 Å². The van der Waals surface area contributed by atoms with Gasteiger partial charge in [-0.3, -0.25) is 9.59 Å². The number of halogens is 1. The number of carbonyl (C=O) groups is 2. The SMILES string of the molecule is CC[C@@H](C)NC(=O)c1ccccc1NC(=O)CSCc1ccc(Cl)cc1. The molecule has 0 aliphatic rings. The van der Waals surface area contributed by atoms with Crippen molar-refractivity contribution in [2.45, 2.75) is 32.1 Å². The Morgan fingerprint density at radius 2 is 1.81 bits per heavy atom. The maximum absolute atomic E-state index is 12.4. The van der Waals surface area contributed by atoms with Crippen molar-refractivity contribution in [3.8, 4) is 0 Å². The number of para-hydroxylation sites is 1. The second-order valence-corrected chi connectivity index (χ2v) is 7.42. The van der Waals surface area contributed by atoms with Crippen LogP contribution in [-0.2, 0) is 10.5 Å². The number of hydrogen-bond acceptors (Lipinski definition) is 3. The van der Waals surface area contributed by atoms with E-state index >= 15 is 0 Å². The average Bonchev–Trinajstić information content (AvgIpc) is 2.63. The molecular formula is C20H23ClN2O2S. The molecule has 2 aromatic carbocycles. The molecule has 0 heterocycles. The Morgan fingerprint density at radius 3 is 2.50 bits per heavy atom. The third kappa shape index (κ3) is 6.39. The molecule has 2 aromatic rings. The van der Waals surface area contributed by atoms with Gasteiger partial charge in [0.1, 0.15) is 0 Å². The predicted octanol–water partition coefficient (Wildman–Crippen LogP) is 4.74. The number of nitrogens with one attached hydrogen (secondary N) is 2. The van der Waals surface area contributed by atoms with Gasteiger partial charge in [0, 0.05) is 16.8 Å². The lowest BCUT2D eigenvalue weighted by molar-refractivity contribution is -0.113. The van der Waals surface area contributed by atoms with Gasteiger partial charge in [-0.25, -0.2) is 0 Å². The van der Waals surface area contributed by atoms with Crippen LogP contribution in [0.4, 0.5) is 5.69 Å². The molecule has 0 aliphatic heterocycles. The summed E-state index contributed by atoms with van der Waals surface area (Å²) in [4.78, 5) is 24.6. The second-order valence-electron chi connectivity index (χ2n) is 6.00. The van der Waals surface area contributed by atoms with E-state index in [1.807, 2.05) is 38.1 Å². The van der Waals surface area contributed by atoms with Gasteiger partial charge < -0.3 is 10.6 Å². The summed E-state index contributed by atoms with van der Waals surface area (Å²) in [5.41, 5.74) is 2.12. The van der Waals surface area contributed by atoms with Gasteiger partial charge in [-0.05, 0) is 43.2 Å². The van der Waals surface area contributed by atoms with Gasteiger partial charge in [-0.1, -0.05) is 42.8 Å². The molecule has 0 fully saturated rings. The normalized spacial score (nSPS) is 11.7. The molecule has 0 unspecified atom stereocenters. The fourth-order valence-corrected chi connectivity index (χ4v) is 3.14. The van der Waals surface area contributed by atoms with Gasteiger partial charge >= 0.3 is 0 Å². The van der Waals surface area contributed by atoms with E-state index in [2.05, 4.69) is 10.6 Å².